The molecule has 1 aliphatic carbocycles. The van der Waals surface area contributed by atoms with Crippen LogP contribution in [0.25, 0.3) is 0 Å². The summed E-state index contributed by atoms with van der Waals surface area (Å²) < 4.78 is 0. The van der Waals surface area contributed by atoms with Gasteiger partial charge in [0.2, 0.25) is 0 Å². The van der Waals surface area contributed by atoms with Gasteiger partial charge in [-0.15, -0.1) is 0 Å². The van der Waals surface area contributed by atoms with Crippen molar-refractivity contribution in [3.05, 3.63) is 70.2 Å². The number of fused-ring (bicyclic) bond motifs is 1. The van der Waals surface area contributed by atoms with Crippen molar-refractivity contribution < 1.29 is 0 Å². The van der Waals surface area contributed by atoms with Gasteiger partial charge in [-0.05, 0) is 41.8 Å². The van der Waals surface area contributed by atoms with E-state index in [9.17, 15) is 0 Å². The van der Waals surface area contributed by atoms with Crippen LogP contribution in [0, 0.1) is 0 Å². The summed E-state index contributed by atoms with van der Waals surface area (Å²) in [7, 11) is 0. The Morgan fingerprint density at radius 3 is 2.79 bits per heavy atom. The fourth-order valence-corrected chi connectivity index (χ4v) is 3.21. The minimum absolute atomic E-state index is 0.360. The summed E-state index contributed by atoms with van der Waals surface area (Å²) in [5.74, 6) is 0.564. The Kier molecular flexibility index (Phi) is 3.58. The fourth-order valence-electron chi connectivity index (χ4n) is 3.01. The fraction of sp³-hybridized carbons (Fsp3) is 0.294. The van der Waals surface area contributed by atoms with Crippen LogP contribution in [-0.2, 0) is 6.42 Å². The Bertz CT molecular complexity index is 579. The third-order valence-corrected chi connectivity index (χ3v) is 4.16. The Balaban J connectivity index is 1.91. The number of benzene rings is 2. The molecule has 0 heterocycles. The molecule has 0 amide bonds. The number of hydrogen-bond acceptors (Lipinski definition) is 1. The minimum atomic E-state index is 0.360. The highest BCUT2D eigenvalue weighted by Crippen LogP contribution is 2.43. The zero-order valence-corrected chi connectivity index (χ0v) is 11.8. The molecule has 0 fully saturated rings. The molecule has 3 rings (SSSR count). The monoisotopic (exact) mass is 271 g/mol. The molecule has 0 saturated heterocycles. The van der Waals surface area contributed by atoms with Crippen LogP contribution in [-0.4, -0.2) is 6.54 Å². The lowest BCUT2D eigenvalue weighted by molar-refractivity contribution is 0.420. The van der Waals surface area contributed by atoms with Gasteiger partial charge in [0.05, 0.1) is 0 Å². The van der Waals surface area contributed by atoms with E-state index in [0.29, 0.717) is 12.0 Å². The second kappa shape index (κ2) is 5.36. The van der Waals surface area contributed by atoms with Gasteiger partial charge in [-0.2, -0.15) is 0 Å². The maximum Gasteiger partial charge on any atom is 0.0409 e. The number of hydrogen-bond donors (Lipinski definition) is 1. The van der Waals surface area contributed by atoms with Crippen molar-refractivity contribution in [2.75, 3.05) is 6.54 Å². The summed E-state index contributed by atoms with van der Waals surface area (Å²) in [5, 5.41) is 4.42. The average molecular weight is 272 g/mol. The zero-order chi connectivity index (χ0) is 13.2. The highest BCUT2D eigenvalue weighted by atomic mass is 35.5. The predicted octanol–water partition coefficient (Wildman–Crippen LogP) is 4.33. The molecule has 2 unspecified atom stereocenters. The molecule has 0 radical (unpaired) electrons. The molecule has 2 atom stereocenters. The number of likely N-dealkylation sites (N-methyl/N-ethyl adjacent to an activating group) is 1. The molecule has 1 nitrogen and oxygen atoms in total. The van der Waals surface area contributed by atoms with E-state index in [1.807, 2.05) is 12.1 Å². The van der Waals surface area contributed by atoms with Crippen LogP contribution in [0.1, 0.15) is 35.6 Å². The Hall–Kier alpha value is -1.31. The topological polar surface area (TPSA) is 12.0 Å². The lowest BCUT2D eigenvalue weighted by Gasteiger charge is -2.37. The van der Waals surface area contributed by atoms with Crippen LogP contribution in [0.2, 0.25) is 5.02 Å². The highest BCUT2D eigenvalue weighted by molar-refractivity contribution is 6.30. The minimum Gasteiger partial charge on any atom is -0.310 e. The van der Waals surface area contributed by atoms with Crippen molar-refractivity contribution >= 4 is 11.6 Å². The smallest absolute Gasteiger partial charge is 0.0409 e. The first-order chi connectivity index (χ1) is 9.29. The summed E-state index contributed by atoms with van der Waals surface area (Å²) in [6.45, 7) is 3.12. The summed E-state index contributed by atoms with van der Waals surface area (Å²) in [4.78, 5) is 0. The normalized spacial score (nSPS) is 18.5. The molecule has 1 N–H and O–H groups in total. The molecule has 0 aromatic heterocycles. The third kappa shape index (κ3) is 2.41. The molecule has 1 aliphatic rings. The number of rotatable bonds is 4. The van der Waals surface area contributed by atoms with Gasteiger partial charge in [-0.3, -0.25) is 0 Å². The van der Waals surface area contributed by atoms with Gasteiger partial charge in [0.1, 0.15) is 0 Å². The first kappa shape index (κ1) is 12.7. The molecule has 0 spiro atoms. The zero-order valence-electron chi connectivity index (χ0n) is 11.1. The Morgan fingerprint density at radius 1 is 1.21 bits per heavy atom. The van der Waals surface area contributed by atoms with E-state index in [4.69, 9.17) is 11.6 Å². The Labute approximate surface area is 119 Å². The van der Waals surface area contributed by atoms with Gasteiger partial charge in [0, 0.05) is 17.0 Å². The molecule has 2 aromatic carbocycles. The number of nitrogens with one attached hydrogen (secondary N) is 1. The lowest BCUT2D eigenvalue weighted by atomic mass is 9.71. The van der Waals surface area contributed by atoms with Crippen molar-refractivity contribution in [2.45, 2.75) is 25.3 Å². The van der Waals surface area contributed by atoms with E-state index in [1.165, 1.54) is 16.7 Å². The molecular formula is C17H18ClN. The first-order valence-electron chi connectivity index (χ1n) is 6.86. The van der Waals surface area contributed by atoms with Crippen molar-refractivity contribution in [3.63, 3.8) is 0 Å². The quantitative estimate of drug-likeness (QED) is 0.873. The standard InChI is InChI=1S/C17H18ClN/c1-2-19-17(13-7-5-8-14(18)10-13)16-11-12-6-3-4-9-15(12)16/h3-10,16-17,19H,2,11H2,1H3. The maximum absolute atomic E-state index is 6.13. The average Bonchev–Trinajstić information content (AvgIpc) is 2.39. The molecule has 98 valence electrons. The number of halogens is 1. The van der Waals surface area contributed by atoms with Crippen LogP contribution >= 0.6 is 11.6 Å². The second-order valence-corrected chi connectivity index (χ2v) is 5.54. The van der Waals surface area contributed by atoms with Gasteiger partial charge in [-0.1, -0.05) is 54.9 Å². The first-order valence-corrected chi connectivity index (χ1v) is 7.24. The largest absolute Gasteiger partial charge is 0.310 e. The van der Waals surface area contributed by atoms with E-state index in [2.05, 4.69) is 48.6 Å². The van der Waals surface area contributed by atoms with Crippen LogP contribution in [0.4, 0.5) is 0 Å². The predicted molar refractivity (Wildman–Crippen MR) is 80.8 cm³/mol. The SMILES string of the molecule is CCNC(c1cccc(Cl)c1)C1Cc2ccccc21. The molecular weight excluding hydrogens is 254 g/mol. The van der Waals surface area contributed by atoms with Crippen LogP contribution < -0.4 is 5.32 Å². The highest BCUT2D eigenvalue weighted by Gasteiger charge is 2.33. The molecule has 2 heteroatoms. The summed E-state index contributed by atoms with van der Waals surface area (Å²) in [6, 6.07) is 17.3. The molecule has 0 bridgehead atoms. The van der Waals surface area contributed by atoms with Gasteiger partial charge >= 0.3 is 0 Å². The maximum atomic E-state index is 6.13. The van der Waals surface area contributed by atoms with Gasteiger partial charge < -0.3 is 5.32 Å². The molecule has 0 aliphatic heterocycles. The van der Waals surface area contributed by atoms with Crippen molar-refractivity contribution in [2.24, 2.45) is 0 Å². The third-order valence-electron chi connectivity index (χ3n) is 3.93. The van der Waals surface area contributed by atoms with Gasteiger partial charge in [-0.25, -0.2) is 0 Å². The van der Waals surface area contributed by atoms with Gasteiger partial charge in [0.15, 0.2) is 0 Å². The van der Waals surface area contributed by atoms with Crippen molar-refractivity contribution in [1.29, 1.82) is 0 Å². The molecule has 19 heavy (non-hydrogen) atoms. The van der Waals surface area contributed by atoms with Crippen molar-refractivity contribution in [3.8, 4) is 0 Å². The lowest BCUT2D eigenvalue weighted by Crippen LogP contribution is -2.33. The van der Waals surface area contributed by atoms with E-state index in [0.717, 1.165) is 18.0 Å². The molecule has 0 saturated carbocycles. The second-order valence-electron chi connectivity index (χ2n) is 5.10. The van der Waals surface area contributed by atoms with E-state index >= 15 is 0 Å². The van der Waals surface area contributed by atoms with Crippen LogP contribution in [0.3, 0.4) is 0 Å². The van der Waals surface area contributed by atoms with E-state index in [1.54, 1.807) is 0 Å². The van der Waals surface area contributed by atoms with Crippen LogP contribution in [0.15, 0.2) is 48.5 Å². The van der Waals surface area contributed by atoms with Crippen LogP contribution in [0.5, 0.6) is 0 Å². The van der Waals surface area contributed by atoms with Crippen molar-refractivity contribution in [1.82, 2.24) is 5.32 Å². The Morgan fingerprint density at radius 2 is 2.05 bits per heavy atom. The summed E-state index contributed by atoms with van der Waals surface area (Å²) >= 11 is 6.13. The summed E-state index contributed by atoms with van der Waals surface area (Å²) in [5.41, 5.74) is 4.25. The van der Waals surface area contributed by atoms with E-state index < -0.39 is 0 Å². The van der Waals surface area contributed by atoms with E-state index in [-0.39, 0.29) is 0 Å². The van der Waals surface area contributed by atoms with Gasteiger partial charge in [0.25, 0.3) is 0 Å². The molecule has 2 aromatic rings. The summed E-state index contributed by atoms with van der Waals surface area (Å²) in [6.07, 6.45) is 1.15.